The Balaban J connectivity index is 2.09. The van der Waals surface area contributed by atoms with Crippen molar-refractivity contribution >= 4 is 5.91 Å². The van der Waals surface area contributed by atoms with Gasteiger partial charge >= 0.3 is 0 Å². The topological polar surface area (TPSA) is 29.1 Å². The molecule has 0 heterocycles. The Bertz CT molecular complexity index is 199. The Morgan fingerprint density at radius 3 is 2.56 bits per heavy atom. The van der Waals surface area contributed by atoms with Gasteiger partial charge in [0.15, 0.2) is 0 Å². The highest BCUT2D eigenvalue weighted by molar-refractivity contribution is 5.78. The first-order chi connectivity index (χ1) is 7.77. The molecule has 0 aliphatic heterocycles. The molecule has 1 rings (SSSR count). The standard InChI is InChI=1S/C14H27NO/c1-3-5-6-7-8-13(4-2)14(16)15-11-12-9-10-12/h12-13H,3-11H2,1-2H3,(H,15,16). The number of amides is 1. The second kappa shape index (κ2) is 7.70. The summed E-state index contributed by atoms with van der Waals surface area (Å²) in [7, 11) is 0. The first kappa shape index (κ1) is 13.5. The molecule has 16 heavy (non-hydrogen) atoms. The summed E-state index contributed by atoms with van der Waals surface area (Å²) in [4.78, 5) is 11.9. The maximum atomic E-state index is 11.9. The quantitative estimate of drug-likeness (QED) is 0.598. The SMILES string of the molecule is CCCCCCC(CC)C(=O)NCC1CC1. The lowest BCUT2D eigenvalue weighted by molar-refractivity contribution is -0.125. The van der Waals surface area contributed by atoms with E-state index in [1.807, 2.05) is 0 Å². The second-order valence-corrected chi connectivity index (χ2v) is 5.14. The number of unbranched alkanes of at least 4 members (excludes halogenated alkanes) is 3. The van der Waals surface area contributed by atoms with Crippen LogP contribution in [0.1, 0.15) is 65.2 Å². The van der Waals surface area contributed by atoms with E-state index in [1.165, 1.54) is 38.5 Å². The van der Waals surface area contributed by atoms with Gasteiger partial charge in [-0.1, -0.05) is 39.5 Å². The summed E-state index contributed by atoms with van der Waals surface area (Å²) < 4.78 is 0. The Morgan fingerprint density at radius 1 is 1.25 bits per heavy atom. The Hall–Kier alpha value is -0.530. The van der Waals surface area contributed by atoms with Crippen molar-refractivity contribution in [2.24, 2.45) is 11.8 Å². The summed E-state index contributed by atoms with van der Waals surface area (Å²) in [6.45, 7) is 5.27. The number of hydrogen-bond donors (Lipinski definition) is 1. The fourth-order valence-corrected chi connectivity index (χ4v) is 2.05. The zero-order valence-electron chi connectivity index (χ0n) is 10.9. The van der Waals surface area contributed by atoms with Crippen molar-refractivity contribution in [1.29, 1.82) is 0 Å². The number of carbonyl (C=O) groups is 1. The summed E-state index contributed by atoms with van der Waals surface area (Å²) >= 11 is 0. The summed E-state index contributed by atoms with van der Waals surface area (Å²) in [6, 6.07) is 0. The molecule has 1 fully saturated rings. The lowest BCUT2D eigenvalue weighted by Gasteiger charge is -2.14. The van der Waals surface area contributed by atoms with Crippen LogP contribution in [0.4, 0.5) is 0 Å². The minimum Gasteiger partial charge on any atom is -0.356 e. The fraction of sp³-hybridized carbons (Fsp3) is 0.929. The van der Waals surface area contributed by atoms with Gasteiger partial charge in [-0.25, -0.2) is 0 Å². The van der Waals surface area contributed by atoms with Crippen molar-refractivity contribution < 1.29 is 4.79 Å². The zero-order valence-corrected chi connectivity index (χ0v) is 10.9. The molecule has 1 aliphatic rings. The third-order valence-corrected chi connectivity index (χ3v) is 3.53. The normalized spacial score (nSPS) is 17.1. The van der Waals surface area contributed by atoms with Crippen LogP contribution in [-0.4, -0.2) is 12.5 Å². The number of carbonyl (C=O) groups excluding carboxylic acids is 1. The lowest BCUT2D eigenvalue weighted by atomic mass is 9.97. The zero-order chi connectivity index (χ0) is 11.8. The van der Waals surface area contributed by atoms with Gasteiger partial charge in [-0.15, -0.1) is 0 Å². The molecule has 0 bridgehead atoms. The summed E-state index contributed by atoms with van der Waals surface area (Å²) in [5.41, 5.74) is 0. The first-order valence-corrected chi connectivity index (χ1v) is 7.05. The summed E-state index contributed by atoms with van der Waals surface area (Å²) in [5.74, 6) is 1.35. The predicted molar refractivity (Wildman–Crippen MR) is 68.3 cm³/mol. The van der Waals surface area contributed by atoms with E-state index in [4.69, 9.17) is 0 Å². The first-order valence-electron chi connectivity index (χ1n) is 7.05. The van der Waals surface area contributed by atoms with Crippen molar-refractivity contribution in [2.75, 3.05) is 6.54 Å². The largest absolute Gasteiger partial charge is 0.356 e. The van der Waals surface area contributed by atoms with Crippen LogP contribution in [0.15, 0.2) is 0 Å². The van der Waals surface area contributed by atoms with Crippen LogP contribution in [0.2, 0.25) is 0 Å². The highest BCUT2D eigenvalue weighted by Crippen LogP contribution is 2.27. The minimum atomic E-state index is 0.260. The van der Waals surface area contributed by atoms with Crippen molar-refractivity contribution in [3.05, 3.63) is 0 Å². The Morgan fingerprint density at radius 2 is 2.00 bits per heavy atom. The third-order valence-electron chi connectivity index (χ3n) is 3.53. The molecule has 1 atom stereocenters. The molecule has 1 saturated carbocycles. The average Bonchev–Trinajstić information content (AvgIpc) is 3.10. The number of hydrogen-bond acceptors (Lipinski definition) is 1. The molecule has 1 unspecified atom stereocenters. The molecule has 1 amide bonds. The highest BCUT2D eigenvalue weighted by Gasteiger charge is 2.23. The van der Waals surface area contributed by atoms with Gasteiger partial charge in [-0.3, -0.25) is 4.79 Å². The molecule has 0 radical (unpaired) electrons. The van der Waals surface area contributed by atoms with Crippen molar-refractivity contribution in [1.82, 2.24) is 5.32 Å². The van der Waals surface area contributed by atoms with Crippen LogP contribution in [0.25, 0.3) is 0 Å². The van der Waals surface area contributed by atoms with Gasteiger partial charge in [0.1, 0.15) is 0 Å². The van der Waals surface area contributed by atoms with Gasteiger partial charge in [-0.05, 0) is 31.6 Å². The van der Waals surface area contributed by atoms with E-state index < -0.39 is 0 Å². The second-order valence-electron chi connectivity index (χ2n) is 5.14. The van der Waals surface area contributed by atoms with E-state index >= 15 is 0 Å². The van der Waals surface area contributed by atoms with Crippen LogP contribution >= 0.6 is 0 Å². The van der Waals surface area contributed by atoms with Crippen LogP contribution < -0.4 is 5.32 Å². The number of rotatable bonds is 9. The Labute approximate surface area is 100 Å². The van der Waals surface area contributed by atoms with Crippen molar-refractivity contribution in [3.8, 4) is 0 Å². The van der Waals surface area contributed by atoms with E-state index in [0.717, 1.165) is 25.3 Å². The Kier molecular flexibility index (Phi) is 6.51. The lowest BCUT2D eigenvalue weighted by Crippen LogP contribution is -2.31. The molecular formula is C14H27NO. The molecule has 0 aromatic heterocycles. The third kappa shape index (κ3) is 5.53. The molecule has 0 aromatic rings. The number of nitrogens with one attached hydrogen (secondary N) is 1. The smallest absolute Gasteiger partial charge is 0.223 e. The molecule has 2 nitrogen and oxygen atoms in total. The van der Waals surface area contributed by atoms with Gasteiger partial charge in [0.25, 0.3) is 0 Å². The van der Waals surface area contributed by atoms with Crippen LogP contribution in [-0.2, 0) is 4.79 Å². The van der Waals surface area contributed by atoms with E-state index in [2.05, 4.69) is 19.2 Å². The minimum absolute atomic E-state index is 0.260. The maximum Gasteiger partial charge on any atom is 0.223 e. The summed E-state index contributed by atoms with van der Waals surface area (Å²) in [6.07, 6.45) is 9.76. The van der Waals surface area contributed by atoms with Gasteiger partial charge in [0.05, 0.1) is 0 Å². The van der Waals surface area contributed by atoms with Crippen molar-refractivity contribution in [2.45, 2.75) is 65.2 Å². The molecule has 94 valence electrons. The van der Waals surface area contributed by atoms with Gasteiger partial charge in [0, 0.05) is 12.5 Å². The monoisotopic (exact) mass is 225 g/mol. The van der Waals surface area contributed by atoms with Crippen LogP contribution in [0.3, 0.4) is 0 Å². The van der Waals surface area contributed by atoms with Gasteiger partial charge < -0.3 is 5.32 Å². The van der Waals surface area contributed by atoms with Crippen molar-refractivity contribution in [3.63, 3.8) is 0 Å². The molecule has 1 N–H and O–H groups in total. The van der Waals surface area contributed by atoms with Gasteiger partial charge in [-0.2, -0.15) is 0 Å². The van der Waals surface area contributed by atoms with Crippen LogP contribution in [0, 0.1) is 11.8 Å². The van der Waals surface area contributed by atoms with E-state index in [1.54, 1.807) is 0 Å². The fourth-order valence-electron chi connectivity index (χ4n) is 2.05. The molecule has 0 spiro atoms. The van der Waals surface area contributed by atoms with E-state index in [-0.39, 0.29) is 5.92 Å². The average molecular weight is 225 g/mol. The molecule has 0 saturated heterocycles. The molecule has 0 aromatic carbocycles. The van der Waals surface area contributed by atoms with Gasteiger partial charge in [0.2, 0.25) is 5.91 Å². The molecule has 1 aliphatic carbocycles. The summed E-state index contributed by atoms with van der Waals surface area (Å²) in [5, 5.41) is 3.10. The van der Waals surface area contributed by atoms with Crippen LogP contribution in [0.5, 0.6) is 0 Å². The molecule has 2 heteroatoms. The van der Waals surface area contributed by atoms with E-state index in [0.29, 0.717) is 5.91 Å². The highest BCUT2D eigenvalue weighted by atomic mass is 16.1. The van der Waals surface area contributed by atoms with E-state index in [9.17, 15) is 4.79 Å². The predicted octanol–water partition coefficient (Wildman–Crippen LogP) is 3.51. The molecular weight excluding hydrogens is 198 g/mol. The maximum absolute atomic E-state index is 11.9.